The molecule has 0 saturated carbocycles. The molecule has 5 N–H and O–H groups in total. The van der Waals surface area contributed by atoms with E-state index in [0.717, 1.165) is 27.8 Å². The van der Waals surface area contributed by atoms with E-state index in [1.807, 2.05) is 57.0 Å². The third kappa shape index (κ3) is 13.6. The Kier molecular flexibility index (Phi) is 17.4. The van der Waals surface area contributed by atoms with Gasteiger partial charge in [-0.15, -0.1) is 11.3 Å². The summed E-state index contributed by atoms with van der Waals surface area (Å²) in [5, 5.41) is 10.7. The average molecular weight is 1090 g/mol. The summed E-state index contributed by atoms with van der Waals surface area (Å²) in [6.45, 7) is 14.7. The van der Waals surface area contributed by atoms with Crippen LogP contribution in [-0.4, -0.2) is 119 Å². The minimum Gasteiger partial charge on any atom is -0.460 e. The van der Waals surface area contributed by atoms with E-state index in [4.69, 9.17) is 4.74 Å². The summed E-state index contributed by atoms with van der Waals surface area (Å²) in [5.74, 6) is -5.64. The molecule has 17 nitrogen and oxygen atoms in total. The molecule has 0 radical (unpaired) electrons. The quantitative estimate of drug-likeness (QED) is 0.0524. The van der Waals surface area contributed by atoms with Crippen molar-refractivity contribution in [2.24, 2.45) is 11.3 Å². The molecule has 3 aromatic carbocycles. The fourth-order valence-electron chi connectivity index (χ4n) is 9.28. The first kappa shape index (κ1) is 57.2. The number of thiazole rings is 1. The fourth-order valence-corrected chi connectivity index (χ4v) is 10.1. The number of piperazine rings is 1. The highest BCUT2D eigenvalue weighted by Gasteiger charge is 2.46. The third-order valence-corrected chi connectivity index (χ3v) is 14.8. The van der Waals surface area contributed by atoms with Gasteiger partial charge in [0.2, 0.25) is 23.3 Å². The van der Waals surface area contributed by atoms with E-state index in [1.54, 1.807) is 52.3 Å². The number of carbonyl (C=O) groups is 6. The monoisotopic (exact) mass is 1090 g/mol. The molecular formula is C55H63F4N9O8S. The summed E-state index contributed by atoms with van der Waals surface area (Å²) in [5.41, 5.74) is 0.546. The first-order valence-electron chi connectivity index (χ1n) is 25.1. The third-order valence-electron chi connectivity index (χ3n) is 13.8. The molecule has 2 aliphatic rings. The normalized spacial score (nSPS) is 18.4. The Labute approximate surface area is 447 Å². The number of pyridine rings is 1. The first-order chi connectivity index (χ1) is 36.2. The number of carbonyl (C=O) groups excluding carboxylic acids is 6. The number of aryl methyl sites for hydroxylation is 1. The van der Waals surface area contributed by atoms with Crippen LogP contribution in [0.3, 0.4) is 0 Å². The van der Waals surface area contributed by atoms with E-state index in [9.17, 15) is 46.7 Å². The number of benzene rings is 3. The largest absolute Gasteiger partial charge is 0.460 e. The van der Waals surface area contributed by atoms with Gasteiger partial charge in [-0.2, -0.15) is 13.2 Å². The van der Waals surface area contributed by atoms with Crippen LogP contribution in [0.5, 0.6) is 0 Å². The molecule has 2 aliphatic heterocycles. The average Bonchev–Trinajstić information content (AvgIpc) is 4.01. The number of likely N-dealkylation sites (tertiary alicyclic amines) is 1. The van der Waals surface area contributed by atoms with Crippen molar-refractivity contribution in [2.75, 3.05) is 43.4 Å². The Morgan fingerprint density at radius 3 is 2.18 bits per heavy atom. The lowest BCUT2D eigenvalue weighted by Crippen LogP contribution is -2.58. The maximum atomic E-state index is 15.8. The molecule has 2 aromatic heterocycles. The van der Waals surface area contributed by atoms with Crippen molar-refractivity contribution in [1.82, 2.24) is 35.7 Å². The number of halogens is 4. The number of esters is 1. The van der Waals surface area contributed by atoms with Crippen LogP contribution in [0.15, 0.2) is 83.2 Å². The molecule has 5 aromatic rings. The van der Waals surface area contributed by atoms with Gasteiger partial charge in [0.1, 0.15) is 24.0 Å². The number of nitrogens with zero attached hydrogens (tertiary/aromatic N) is 4. The summed E-state index contributed by atoms with van der Waals surface area (Å²) < 4.78 is 63.7. The molecule has 22 heteroatoms. The topological polar surface area (TPSA) is 215 Å². The van der Waals surface area contributed by atoms with Crippen molar-refractivity contribution in [3.05, 3.63) is 123 Å². The van der Waals surface area contributed by atoms with E-state index in [1.165, 1.54) is 34.4 Å². The SMILES string of the molecule is Cc1ncsc1-c1ccc(CNC(=O)C2CC(OC(=O)C(C)C)CN2C(=O)C(NC(=O)CNC(=O)c2ccc(F)c(-c3ccc(N4C[C@@H](C)N(C)[C@@H](C)C4)c(NC(=O)c4c[nH]c(=O)cc4C(F)(F)F)c3)c2)C(C)(C)C)cc1. The molecule has 3 unspecified atom stereocenters. The highest BCUT2D eigenvalue weighted by Crippen LogP contribution is 2.37. The number of hydrogen-bond donors (Lipinski definition) is 5. The van der Waals surface area contributed by atoms with E-state index >= 15 is 4.39 Å². The summed E-state index contributed by atoms with van der Waals surface area (Å²) >= 11 is 1.52. The zero-order chi connectivity index (χ0) is 56.3. The van der Waals surface area contributed by atoms with Gasteiger partial charge in [0.25, 0.3) is 11.8 Å². The molecule has 410 valence electrons. The second kappa shape index (κ2) is 23.4. The Balaban J connectivity index is 1.07. The number of alkyl halides is 3. The van der Waals surface area contributed by atoms with Crippen LogP contribution < -0.4 is 31.7 Å². The number of likely N-dealkylation sites (N-methyl/N-ethyl adjacent to an activating group) is 1. The predicted molar refractivity (Wildman–Crippen MR) is 283 cm³/mol. The minimum atomic E-state index is -5.05. The summed E-state index contributed by atoms with van der Waals surface area (Å²) in [6.07, 6.45) is -5.18. The second-order valence-corrected chi connectivity index (χ2v) is 21.8. The van der Waals surface area contributed by atoms with Crippen LogP contribution >= 0.6 is 11.3 Å². The lowest BCUT2D eigenvalue weighted by molar-refractivity contribution is -0.153. The first-order valence-corrected chi connectivity index (χ1v) is 26.0. The lowest BCUT2D eigenvalue weighted by atomic mass is 9.85. The van der Waals surface area contributed by atoms with E-state index < -0.39 is 100 Å². The van der Waals surface area contributed by atoms with Crippen molar-refractivity contribution < 1.29 is 51.1 Å². The number of nitrogens with one attached hydrogen (secondary N) is 5. The maximum absolute atomic E-state index is 15.8. The number of aromatic nitrogens is 2. The fraction of sp³-hybridized carbons (Fsp3) is 0.418. The number of amides is 5. The van der Waals surface area contributed by atoms with E-state index in [0.29, 0.717) is 31.0 Å². The maximum Gasteiger partial charge on any atom is 0.417 e. The molecule has 2 fully saturated rings. The zero-order valence-electron chi connectivity index (χ0n) is 44.2. The standard InChI is InChI=1S/C55H63F4N9O8S/c1-29(2)53(75)76-37-20-44(51(73)61-22-33-10-12-34(13-11-33)47-32(5)63-28-77-47)68(27-37)52(74)48(54(6,7)8)65-46(70)24-62-49(71)36-14-16-41(56)38(18-36)35-15-17-43(67-25-30(3)66(9)31(4)26-67)42(19-35)64-50(72)39-23-60-45(69)21-40(39)55(57,58)59/h10-19,21,23,28-31,37,44,48H,20,22,24-27H2,1-9H3,(H,60,69)(H,61,73)(H,62,71)(H,64,72)(H,65,70)/t30-,31+,37?,44?,48?. The number of H-pyrrole nitrogens is 1. The lowest BCUT2D eigenvalue weighted by Gasteiger charge is -2.44. The summed E-state index contributed by atoms with van der Waals surface area (Å²) in [6, 6.07) is 13.6. The smallest absolute Gasteiger partial charge is 0.417 e. The molecule has 5 atom stereocenters. The van der Waals surface area contributed by atoms with Crippen LogP contribution in [0.25, 0.3) is 21.6 Å². The summed E-state index contributed by atoms with van der Waals surface area (Å²) in [7, 11) is 1.96. The number of anilines is 2. The van der Waals surface area contributed by atoms with Gasteiger partial charge in [-0.05, 0) is 80.3 Å². The van der Waals surface area contributed by atoms with Crippen molar-refractivity contribution in [1.29, 1.82) is 0 Å². The van der Waals surface area contributed by atoms with Crippen LogP contribution in [0, 0.1) is 24.1 Å². The molecule has 0 bridgehead atoms. The van der Waals surface area contributed by atoms with Gasteiger partial charge >= 0.3 is 12.1 Å². The summed E-state index contributed by atoms with van der Waals surface area (Å²) in [4.78, 5) is 107. The van der Waals surface area contributed by atoms with Crippen LogP contribution in [0.4, 0.5) is 28.9 Å². The van der Waals surface area contributed by atoms with Crippen molar-refractivity contribution in [3.8, 4) is 21.6 Å². The van der Waals surface area contributed by atoms with Crippen LogP contribution in [-0.2, 0) is 36.6 Å². The van der Waals surface area contributed by atoms with Gasteiger partial charge < -0.3 is 40.8 Å². The molecule has 77 heavy (non-hydrogen) atoms. The van der Waals surface area contributed by atoms with Gasteiger partial charge in [0.15, 0.2) is 0 Å². The molecule has 5 amide bonds. The number of rotatable bonds is 15. The molecule has 2 saturated heterocycles. The molecular weight excluding hydrogens is 1020 g/mol. The minimum absolute atomic E-state index is 0.00855. The predicted octanol–water partition coefficient (Wildman–Crippen LogP) is 7.16. The van der Waals surface area contributed by atoms with Crippen molar-refractivity contribution in [2.45, 2.75) is 105 Å². The molecule has 0 aliphatic carbocycles. The Morgan fingerprint density at radius 2 is 1.56 bits per heavy atom. The highest BCUT2D eigenvalue weighted by atomic mass is 32.1. The van der Waals surface area contributed by atoms with Crippen molar-refractivity contribution >= 4 is 58.2 Å². The van der Waals surface area contributed by atoms with Crippen LogP contribution in [0.2, 0.25) is 0 Å². The molecule has 4 heterocycles. The van der Waals surface area contributed by atoms with Gasteiger partial charge in [-0.25, -0.2) is 9.37 Å². The van der Waals surface area contributed by atoms with Gasteiger partial charge in [0.05, 0.1) is 57.6 Å². The van der Waals surface area contributed by atoms with E-state index in [2.05, 4.69) is 36.1 Å². The van der Waals surface area contributed by atoms with E-state index in [-0.39, 0.29) is 54.0 Å². The zero-order valence-corrected chi connectivity index (χ0v) is 45.0. The van der Waals surface area contributed by atoms with Gasteiger partial charge in [0, 0.05) is 61.5 Å². The Hall–Kier alpha value is -7.46. The van der Waals surface area contributed by atoms with Crippen LogP contribution in [0.1, 0.15) is 92.4 Å². The number of ether oxygens (including phenoxy) is 1. The molecule has 7 rings (SSSR count). The molecule has 0 spiro atoms. The number of aromatic amines is 1. The Bertz CT molecular complexity index is 3090. The van der Waals surface area contributed by atoms with Gasteiger partial charge in [-0.1, -0.05) is 65.0 Å². The van der Waals surface area contributed by atoms with Crippen molar-refractivity contribution in [3.63, 3.8) is 0 Å². The van der Waals surface area contributed by atoms with Gasteiger partial charge in [-0.3, -0.25) is 38.5 Å². The second-order valence-electron chi connectivity index (χ2n) is 21.0. The highest BCUT2D eigenvalue weighted by molar-refractivity contribution is 7.13. The number of hydrogen-bond acceptors (Lipinski definition) is 12. The Morgan fingerprint density at radius 1 is 0.883 bits per heavy atom.